The standard InChI is InChI=1S/C26H25F3N4O4/c1-24(2,14-30)16-9-11-17(12-10-16)31-22(34)18-13-21(25(3,4)36)32-33(23(18)35)19-7-5-6-8-20(19)37-15-26(27,28)29/h5-13,36H,15H2,1-4H3,(H,31,34). The molecule has 0 aliphatic carbocycles. The summed E-state index contributed by atoms with van der Waals surface area (Å²) in [5.74, 6) is -1.11. The maximum Gasteiger partial charge on any atom is 0.422 e. The van der Waals surface area contributed by atoms with Gasteiger partial charge >= 0.3 is 6.18 Å². The number of anilines is 1. The quantitative estimate of drug-likeness (QED) is 0.481. The molecule has 0 aliphatic rings. The van der Waals surface area contributed by atoms with Gasteiger partial charge in [-0.2, -0.15) is 28.2 Å². The van der Waals surface area contributed by atoms with Crippen molar-refractivity contribution in [1.29, 1.82) is 5.26 Å². The largest absolute Gasteiger partial charge is 0.482 e. The summed E-state index contributed by atoms with van der Waals surface area (Å²) < 4.78 is 43.9. The first-order chi connectivity index (χ1) is 17.1. The molecule has 0 unspecified atom stereocenters. The minimum absolute atomic E-state index is 0.0750. The number of nitriles is 1. The Morgan fingerprint density at radius 1 is 1.11 bits per heavy atom. The van der Waals surface area contributed by atoms with Crippen molar-refractivity contribution in [2.24, 2.45) is 0 Å². The number of aromatic nitrogens is 2. The molecule has 0 saturated carbocycles. The molecule has 0 fully saturated rings. The van der Waals surface area contributed by atoms with Crippen molar-refractivity contribution in [3.8, 4) is 17.5 Å². The van der Waals surface area contributed by atoms with E-state index in [4.69, 9.17) is 4.74 Å². The molecule has 37 heavy (non-hydrogen) atoms. The van der Waals surface area contributed by atoms with Gasteiger partial charge < -0.3 is 15.2 Å². The molecule has 0 spiro atoms. The Kier molecular flexibility index (Phi) is 7.46. The highest BCUT2D eigenvalue weighted by molar-refractivity contribution is 6.04. The number of hydrogen-bond donors (Lipinski definition) is 2. The van der Waals surface area contributed by atoms with E-state index >= 15 is 0 Å². The van der Waals surface area contributed by atoms with Crippen LogP contribution in [0.25, 0.3) is 5.69 Å². The molecule has 3 rings (SSSR count). The highest BCUT2D eigenvalue weighted by atomic mass is 19.4. The van der Waals surface area contributed by atoms with Crippen LogP contribution in [0.5, 0.6) is 5.75 Å². The van der Waals surface area contributed by atoms with E-state index in [1.807, 2.05) is 0 Å². The smallest absolute Gasteiger partial charge is 0.422 e. The van der Waals surface area contributed by atoms with Crippen LogP contribution >= 0.6 is 0 Å². The van der Waals surface area contributed by atoms with Crippen molar-refractivity contribution in [2.75, 3.05) is 11.9 Å². The molecule has 194 valence electrons. The lowest BCUT2D eigenvalue weighted by molar-refractivity contribution is -0.153. The zero-order valence-corrected chi connectivity index (χ0v) is 20.6. The number of rotatable bonds is 7. The summed E-state index contributed by atoms with van der Waals surface area (Å²) in [7, 11) is 0. The van der Waals surface area contributed by atoms with Crippen LogP contribution in [0.2, 0.25) is 0 Å². The van der Waals surface area contributed by atoms with Gasteiger partial charge in [-0.15, -0.1) is 0 Å². The molecule has 1 amide bonds. The van der Waals surface area contributed by atoms with Gasteiger partial charge in [0.15, 0.2) is 6.61 Å². The SMILES string of the molecule is CC(C)(O)c1cc(C(=O)Nc2ccc(C(C)(C)C#N)cc2)c(=O)n(-c2ccccc2OCC(F)(F)F)n1. The van der Waals surface area contributed by atoms with Crippen LogP contribution in [0.3, 0.4) is 0 Å². The average Bonchev–Trinajstić information content (AvgIpc) is 2.82. The number of carbonyl (C=O) groups is 1. The topological polar surface area (TPSA) is 117 Å². The van der Waals surface area contributed by atoms with E-state index in [-0.39, 0.29) is 17.1 Å². The molecular weight excluding hydrogens is 489 g/mol. The molecular formula is C26H25F3N4O4. The van der Waals surface area contributed by atoms with E-state index in [0.29, 0.717) is 5.69 Å². The van der Waals surface area contributed by atoms with Crippen molar-refractivity contribution in [2.45, 2.75) is 44.9 Å². The van der Waals surface area contributed by atoms with Crippen molar-refractivity contribution < 1.29 is 27.8 Å². The number of nitrogens with zero attached hydrogens (tertiary/aromatic N) is 3. The maximum atomic E-state index is 13.3. The molecule has 0 saturated heterocycles. The Morgan fingerprint density at radius 3 is 2.30 bits per heavy atom. The molecule has 0 radical (unpaired) electrons. The summed E-state index contributed by atoms with van der Waals surface area (Å²) in [5, 5.41) is 26.5. The van der Waals surface area contributed by atoms with Gasteiger partial charge in [-0.3, -0.25) is 9.59 Å². The summed E-state index contributed by atoms with van der Waals surface area (Å²) in [6.07, 6.45) is -4.62. The Bertz CT molecular complexity index is 1400. The summed E-state index contributed by atoms with van der Waals surface area (Å²) >= 11 is 0. The zero-order chi connectivity index (χ0) is 27.6. The number of para-hydroxylation sites is 2. The van der Waals surface area contributed by atoms with Gasteiger partial charge in [-0.25, -0.2) is 0 Å². The van der Waals surface area contributed by atoms with Crippen LogP contribution in [0, 0.1) is 11.3 Å². The van der Waals surface area contributed by atoms with Crippen LogP contribution < -0.4 is 15.6 Å². The third kappa shape index (κ3) is 6.54. The fourth-order valence-electron chi connectivity index (χ4n) is 3.27. The number of halogens is 3. The van der Waals surface area contributed by atoms with Gasteiger partial charge in [0.05, 0.1) is 17.2 Å². The number of carbonyl (C=O) groups excluding carboxylic acids is 1. The third-order valence-electron chi connectivity index (χ3n) is 5.41. The highest BCUT2D eigenvalue weighted by Crippen LogP contribution is 2.26. The number of amides is 1. The Balaban J connectivity index is 2.06. The highest BCUT2D eigenvalue weighted by Gasteiger charge is 2.30. The molecule has 0 atom stereocenters. The van der Waals surface area contributed by atoms with E-state index in [2.05, 4.69) is 16.5 Å². The van der Waals surface area contributed by atoms with E-state index in [1.54, 1.807) is 38.1 Å². The Labute approximate surface area is 210 Å². The molecule has 2 N–H and O–H groups in total. The summed E-state index contributed by atoms with van der Waals surface area (Å²) in [6, 6.07) is 15.2. The lowest BCUT2D eigenvalue weighted by atomic mass is 9.86. The second kappa shape index (κ2) is 10.1. The molecule has 0 aliphatic heterocycles. The lowest BCUT2D eigenvalue weighted by Crippen LogP contribution is -2.34. The fraction of sp³-hybridized carbons (Fsp3) is 0.308. The summed E-state index contributed by atoms with van der Waals surface area (Å²) in [5.41, 5.74) is -2.84. The van der Waals surface area contributed by atoms with Gasteiger partial charge in [0, 0.05) is 5.69 Å². The first-order valence-electron chi connectivity index (χ1n) is 11.1. The Morgan fingerprint density at radius 2 is 1.73 bits per heavy atom. The van der Waals surface area contributed by atoms with Crippen LogP contribution in [-0.2, 0) is 11.0 Å². The van der Waals surface area contributed by atoms with Crippen LogP contribution in [0.15, 0.2) is 59.4 Å². The van der Waals surface area contributed by atoms with Gasteiger partial charge in [0.2, 0.25) is 0 Å². The predicted molar refractivity (Wildman–Crippen MR) is 130 cm³/mol. The van der Waals surface area contributed by atoms with Crippen LogP contribution in [-0.4, -0.2) is 33.6 Å². The fourth-order valence-corrected chi connectivity index (χ4v) is 3.27. The lowest BCUT2D eigenvalue weighted by Gasteiger charge is -2.20. The molecule has 11 heteroatoms. The van der Waals surface area contributed by atoms with Crippen LogP contribution in [0.4, 0.5) is 18.9 Å². The zero-order valence-electron chi connectivity index (χ0n) is 20.6. The van der Waals surface area contributed by atoms with Gasteiger partial charge in [0.1, 0.15) is 22.6 Å². The average molecular weight is 515 g/mol. The van der Waals surface area contributed by atoms with E-state index in [0.717, 1.165) is 16.3 Å². The number of benzene rings is 2. The second-order valence-electron chi connectivity index (χ2n) is 9.36. The van der Waals surface area contributed by atoms with Crippen molar-refractivity contribution >= 4 is 11.6 Å². The number of ether oxygens (including phenoxy) is 1. The number of nitrogens with one attached hydrogen (secondary N) is 1. The molecule has 1 aromatic heterocycles. The monoisotopic (exact) mass is 514 g/mol. The van der Waals surface area contributed by atoms with E-state index in [1.165, 1.54) is 38.1 Å². The molecule has 8 nitrogen and oxygen atoms in total. The first-order valence-corrected chi connectivity index (χ1v) is 11.1. The van der Waals surface area contributed by atoms with Crippen LogP contribution in [0.1, 0.15) is 49.3 Å². The first kappa shape index (κ1) is 27.4. The maximum absolute atomic E-state index is 13.3. The van der Waals surface area contributed by atoms with E-state index < -0.39 is 40.8 Å². The van der Waals surface area contributed by atoms with Crippen molar-refractivity contribution in [1.82, 2.24) is 9.78 Å². The number of hydrogen-bond acceptors (Lipinski definition) is 6. The molecule has 3 aromatic rings. The minimum Gasteiger partial charge on any atom is -0.482 e. The van der Waals surface area contributed by atoms with Gasteiger partial charge in [-0.1, -0.05) is 24.3 Å². The number of aliphatic hydroxyl groups is 1. The van der Waals surface area contributed by atoms with E-state index in [9.17, 15) is 33.1 Å². The summed E-state index contributed by atoms with van der Waals surface area (Å²) in [6.45, 7) is 4.65. The molecule has 0 bridgehead atoms. The normalized spacial score (nSPS) is 12.1. The molecule has 1 heterocycles. The molecule has 2 aromatic carbocycles. The second-order valence-corrected chi connectivity index (χ2v) is 9.36. The minimum atomic E-state index is -4.62. The Hall–Kier alpha value is -4.17. The predicted octanol–water partition coefficient (Wildman–Crippen LogP) is 4.45. The van der Waals surface area contributed by atoms with Gasteiger partial charge in [0.25, 0.3) is 11.5 Å². The van der Waals surface area contributed by atoms with Gasteiger partial charge in [-0.05, 0) is 63.6 Å². The third-order valence-corrected chi connectivity index (χ3v) is 5.41. The van der Waals surface area contributed by atoms with Crippen molar-refractivity contribution in [3.05, 3.63) is 81.8 Å². The summed E-state index contributed by atoms with van der Waals surface area (Å²) in [4.78, 5) is 26.4. The number of alkyl halides is 3. The van der Waals surface area contributed by atoms with Crippen molar-refractivity contribution in [3.63, 3.8) is 0 Å².